The molecule has 3 nitrogen and oxygen atoms in total. The molecule has 1 aromatic carbocycles. The van der Waals surface area contributed by atoms with Crippen LogP contribution in [-0.2, 0) is 0 Å². The molecule has 0 saturated carbocycles. The molecule has 0 bridgehead atoms. The van der Waals surface area contributed by atoms with E-state index >= 15 is 0 Å². The van der Waals surface area contributed by atoms with Crippen LogP contribution in [0.25, 0.3) is 11.1 Å². The summed E-state index contributed by atoms with van der Waals surface area (Å²) in [6.07, 6.45) is 3.71. The maximum Gasteiger partial charge on any atom is 0.0447 e. The van der Waals surface area contributed by atoms with Crippen molar-refractivity contribution in [1.29, 1.82) is 0 Å². The van der Waals surface area contributed by atoms with E-state index in [0.29, 0.717) is 6.04 Å². The van der Waals surface area contributed by atoms with Crippen LogP contribution in [0.5, 0.6) is 0 Å². The predicted molar refractivity (Wildman–Crippen MR) is 73.3 cm³/mol. The van der Waals surface area contributed by atoms with E-state index in [4.69, 9.17) is 0 Å². The van der Waals surface area contributed by atoms with Crippen LogP contribution in [-0.4, -0.2) is 24.6 Å². The summed E-state index contributed by atoms with van der Waals surface area (Å²) in [5, 5.41) is 6.95. The number of nitrogens with one attached hydrogen (secondary N) is 2. The van der Waals surface area contributed by atoms with Gasteiger partial charge in [-0.2, -0.15) is 0 Å². The van der Waals surface area contributed by atoms with Gasteiger partial charge in [0.05, 0.1) is 0 Å². The Morgan fingerprint density at radius 1 is 1.06 bits per heavy atom. The minimum Gasteiger partial charge on any atom is -0.314 e. The van der Waals surface area contributed by atoms with Crippen LogP contribution in [0.4, 0.5) is 0 Å². The lowest BCUT2D eigenvalue weighted by Crippen LogP contribution is -2.42. The second-order valence-electron chi connectivity index (χ2n) is 4.58. The number of hydrogen-bond donors (Lipinski definition) is 2. The number of rotatable bonds is 2. The first-order chi connectivity index (χ1) is 8.93. The Hall–Kier alpha value is -1.71. The van der Waals surface area contributed by atoms with Gasteiger partial charge >= 0.3 is 0 Å². The molecule has 18 heavy (non-hydrogen) atoms. The second kappa shape index (κ2) is 5.29. The lowest BCUT2D eigenvalue weighted by molar-refractivity contribution is 0.430. The van der Waals surface area contributed by atoms with E-state index in [9.17, 15) is 0 Å². The summed E-state index contributed by atoms with van der Waals surface area (Å²) in [6, 6.07) is 13.2. The minimum atomic E-state index is 0.412. The zero-order valence-corrected chi connectivity index (χ0v) is 10.3. The Labute approximate surface area is 107 Å². The molecule has 0 aliphatic carbocycles. The number of benzene rings is 1. The molecule has 92 valence electrons. The maximum absolute atomic E-state index is 4.18. The largest absolute Gasteiger partial charge is 0.314 e. The number of hydrogen-bond acceptors (Lipinski definition) is 3. The van der Waals surface area contributed by atoms with Crippen molar-refractivity contribution >= 4 is 0 Å². The fourth-order valence-corrected chi connectivity index (χ4v) is 2.36. The van der Waals surface area contributed by atoms with Gasteiger partial charge in [0.2, 0.25) is 0 Å². The Morgan fingerprint density at radius 3 is 2.78 bits per heavy atom. The monoisotopic (exact) mass is 239 g/mol. The first-order valence-electron chi connectivity index (χ1n) is 6.38. The SMILES string of the molecule is c1cncc(-c2cccc(C3CNCCN3)c2)c1. The summed E-state index contributed by atoms with van der Waals surface area (Å²) in [7, 11) is 0. The lowest BCUT2D eigenvalue weighted by Gasteiger charge is -2.25. The van der Waals surface area contributed by atoms with Crippen molar-refractivity contribution in [2.24, 2.45) is 0 Å². The summed E-state index contributed by atoms with van der Waals surface area (Å²) >= 11 is 0. The van der Waals surface area contributed by atoms with Crippen LogP contribution < -0.4 is 10.6 Å². The van der Waals surface area contributed by atoms with Gasteiger partial charge in [-0.3, -0.25) is 4.98 Å². The van der Waals surface area contributed by atoms with Gasteiger partial charge in [0.1, 0.15) is 0 Å². The Kier molecular flexibility index (Phi) is 3.35. The van der Waals surface area contributed by atoms with Crippen molar-refractivity contribution in [3.8, 4) is 11.1 Å². The van der Waals surface area contributed by atoms with Crippen LogP contribution in [0.15, 0.2) is 48.8 Å². The number of piperazine rings is 1. The van der Waals surface area contributed by atoms with Gasteiger partial charge in [-0.15, -0.1) is 0 Å². The minimum absolute atomic E-state index is 0.412. The van der Waals surface area contributed by atoms with Crippen LogP contribution in [0.1, 0.15) is 11.6 Å². The van der Waals surface area contributed by atoms with Gasteiger partial charge in [0, 0.05) is 38.1 Å². The second-order valence-corrected chi connectivity index (χ2v) is 4.58. The highest BCUT2D eigenvalue weighted by Gasteiger charge is 2.14. The van der Waals surface area contributed by atoms with Crippen molar-refractivity contribution in [3.05, 3.63) is 54.4 Å². The topological polar surface area (TPSA) is 37.0 Å². The highest BCUT2D eigenvalue weighted by atomic mass is 15.1. The molecular weight excluding hydrogens is 222 g/mol. The Balaban J connectivity index is 1.89. The van der Waals surface area contributed by atoms with Crippen molar-refractivity contribution < 1.29 is 0 Å². The molecule has 2 aromatic rings. The Bertz CT molecular complexity index is 504. The van der Waals surface area contributed by atoms with Crippen molar-refractivity contribution in [1.82, 2.24) is 15.6 Å². The standard InChI is InChI=1S/C15H17N3/c1-3-12(14-5-2-6-16-10-14)9-13(4-1)15-11-17-7-8-18-15/h1-6,9-10,15,17-18H,7-8,11H2. The normalized spacial score (nSPS) is 19.7. The highest BCUT2D eigenvalue weighted by Crippen LogP contribution is 2.22. The van der Waals surface area contributed by atoms with Crippen molar-refractivity contribution in [2.45, 2.75) is 6.04 Å². The van der Waals surface area contributed by atoms with E-state index in [2.05, 4.69) is 45.9 Å². The summed E-state index contributed by atoms with van der Waals surface area (Å²) in [5.74, 6) is 0. The first-order valence-corrected chi connectivity index (χ1v) is 6.38. The van der Waals surface area contributed by atoms with Crippen LogP contribution in [0, 0.1) is 0 Å². The van der Waals surface area contributed by atoms with Crippen molar-refractivity contribution in [2.75, 3.05) is 19.6 Å². The molecule has 1 aliphatic heterocycles. The van der Waals surface area contributed by atoms with E-state index in [1.54, 1.807) is 6.20 Å². The van der Waals surface area contributed by atoms with Crippen LogP contribution in [0.2, 0.25) is 0 Å². The summed E-state index contributed by atoms with van der Waals surface area (Å²) < 4.78 is 0. The molecule has 1 aromatic heterocycles. The smallest absolute Gasteiger partial charge is 0.0447 e. The number of aromatic nitrogens is 1. The summed E-state index contributed by atoms with van der Waals surface area (Å²) in [4.78, 5) is 4.18. The molecule has 0 radical (unpaired) electrons. The summed E-state index contributed by atoms with van der Waals surface area (Å²) in [5.41, 5.74) is 3.74. The molecule has 1 atom stereocenters. The zero-order valence-electron chi connectivity index (χ0n) is 10.3. The molecule has 1 aliphatic rings. The molecule has 3 rings (SSSR count). The van der Waals surface area contributed by atoms with Gasteiger partial charge < -0.3 is 10.6 Å². The average molecular weight is 239 g/mol. The molecule has 1 unspecified atom stereocenters. The fourth-order valence-electron chi connectivity index (χ4n) is 2.36. The van der Waals surface area contributed by atoms with E-state index < -0.39 is 0 Å². The molecular formula is C15H17N3. The van der Waals surface area contributed by atoms with E-state index in [-0.39, 0.29) is 0 Å². The number of pyridine rings is 1. The predicted octanol–water partition coefficient (Wildman–Crippen LogP) is 1.98. The maximum atomic E-state index is 4.18. The molecule has 0 amide bonds. The van der Waals surface area contributed by atoms with E-state index in [0.717, 1.165) is 19.6 Å². The van der Waals surface area contributed by atoms with E-state index in [1.165, 1.54) is 16.7 Å². The van der Waals surface area contributed by atoms with Crippen molar-refractivity contribution in [3.63, 3.8) is 0 Å². The van der Waals surface area contributed by atoms with E-state index in [1.807, 2.05) is 12.3 Å². The fraction of sp³-hybridized carbons (Fsp3) is 0.267. The van der Waals surface area contributed by atoms with Crippen LogP contribution >= 0.6 is 0 Å². The van der Waals surface area contributed by atoms with Gasteiger partial charge in [-0.05, 0) is 28.8 Å². The van der Waals surface area contributed by atoms with Gasteiger partial charge in [-0.1, -0.05) is 24.3 Å². The van der Waals surface area contributed by atoms with Gasteiger partial charge in [0.25, 0.3) is 0 Å². The molecule has 2 heterocycles. The third-order valence-corrected chi connectivity index (χ3v) is 3.32. The zero-order chi connectivity index (χ0) is 12.2. The molecule has 3 heteroatoms. The third kappa shape index (κ3) is 2.42. The quantitative estimate of drug-likeness (QED) is 0.841. The number of nitrogens with zero attached hydrogens (tertiary/aromatic N) is 1. The summed E-state index contributed by atoms with van der Waals surface area (Å²) in [6.45, 7) is 3.08. The average Bonchev–Trinajstić information content (AvgIpc) is 2.49. The molecule has 2 N–H and O–H groups in total. The Morgan fingerprint density at radius 2 is 2.00 bits per heavy atom. The van der Waals surface area contributed by atoms with Gasteiger partial charge in [0.15, 0.2) is 0 Å². The highest BCUT2D eigenvalue weighted by molar-refractivity contribution is 5.63. The third-order valence-electron chi connectivity index (χ3n) is 3.32. The van der Waals surface area contributed by atoms with Crippen LogP contribution in [0.3, 0.4) is 0 Å². The first kappa shape index (κ1) is 11.4. The molecule has 1 fully saturated rings. The van der Waals surface area contributed by atoms with Gasteiger partial charge in [-0.25, -0.2) is 0 Å². The molecule has 1 saturated heterocycles. The lowest BCUT2D eigenvalue weighted by atomic mass is 9.99. The molecule has 0 spiro atoms.